The van der Waals surface area contributed by atoms with Crippen molar-refractivity contribution < 1.29 is 14.4 Å². The summed E-state index contributed by atoms with van der Waals surface area (Å²) in [6, 6.07) is 6.96. The highest BCUT2D eigenvalue weighted by Crippen LogP contribution is 2.14. The lowest BCUT2D eigenvalue weighted by Gasteiger charge is -2.19. The average Bonchev–Trinajstić information content (AvgIpc) is 2.58. The Morgan fingerprint density at radius 2 is 1.73 bits per heavy atom. The molecule has 0 aromatic heterocycles. The van der Waals surface area contributed by atoms with Crippen LogP contribution < -0.4 is 10.6 Å². The molecular formula is C20H31N3O3. The van der Waals surface area contributed by atoms with E-state index in [0.29, 0.717) is 43.7 Å². The molecule has 1 aromatic rings. The third-order valence-electron chi connectivity index (χ3n) is 3.99. The molecular weight excluding hydrogens is 330 g/mol. The quantitative estimate of drug-likeness (QED) is 0.699. The Morgan fingerprint density at radius 3 is 2.31 bits per heavy atom. The highest BCUT2D eigenvalue weighted by atomic mass is 16.2. The van der Waals surface area contributed by atoms with Gasteiger partial charge in [0.05, 0.1) is 0 Å². The third kappa shape index (κ3) is 6.86. The van der Waals surface area contributed by atoms with Crippen LogP contribution >= 0.6 is 0 Å². The summed E-state index contributed by atoms with van der Waals surface area (Å²) >= 11 is 0. The van der Waals surface area contributed by atoms with Crippen molar-refractivity contribution >= 4 is 23.4 Å². The van der Waals surface area contributed by atoms with Gasteiger partial charge >= 0.3 is 0 Å². The molecule has 0 bridgehead atoms. The van der Waals surface area contributed by atoms with Crippen molar-refractivity contribution in [3.63, 3.8) is 0 Å². The van der Waals surface area contributed by atoms with Crippen molar-refractivity contribution in [3.8, 4) is 0 Å². The lowest BCUT2D eigenvalue weighted by atomic mass is 9.96. The molecule has 0 heterocycles. The van der Waals surface area contributed by atoms with Gasteiger partial charge in [-0.2, -0.15) is 0 Å². The maximum Gasteiger partial charge on any atom is 0.253 e. The van der Waals surface area contributed by atoms with Gasteiger partial charge in [0.2, 0.25) is 11.8 Å². The normalized spacial score (nSPS) is 11.0. The molecule has 3 amide bonds. The van der Waals surface area contributed by atoms with E-state index in [9.17, 15) is 14.4 Å². The molecule has 0 radical (unpaired) electrons. The molecule has 26 heavy (non-hydrogen) atoms. The van der Waals surface area contributed by atoms with Crippen molar-refractivity contribution in [2.24, 2.45) is 5.41 Å². The predicted molar refractivity (Wildman–Crippen MR) is 104 cm³/mol. The molecule has 144 valence electrons. The molecule has 2 N–H and O–H groups in total. The van der Waals surface area contributed by atoms with E-state index in [1.165, 1.54) is 0 Å². The first-order chi connectivity index (χ1) is 12.2. The number of carbonyl (C=O) groups is 3. The molecule has 1 aromatic carbocycles. The number of nitrogens with zero attached hydrogens (tertiary/aromatic N) is 1. The van der Waals surface area contributed by atoms with Crippen LogP contribution in [0.3, 0.4) is 0 Å². The summed E-state index contributed by atoms with van der Waals surface area (Å²) in [7, 11) is 0. The second-order valence-electron chi connectivity index (χ2n) is 7.22. The fourth-order valence-corrected chi connectivity index (χ4v) is 2.36. The standard InChI is InChI=1S/C20H31N3O3/c1-6-23(7-2)18(25)15-10-8-11-16(14-15)22-17(24)12-9-13-21-19(26)20(3,4)5/h8,10-11,14H,6-7,9,12-13H2,1-5H3,(H,21,26)(H,22,24). The first-order valence-corrected chi connectivity index (χ1v) is 9.16. The van der Waals surface area contributed by atoms with Gasteiger partial charge in [-0.3, -0.25) is 14.4 Å². The SMILES string of the molecule is CCN(CC)C(=O)c1cccc(NC(=O)CCCNC(=O)C(C)(C)C)c1. The Balaban J connectivity index is 2.51. The van der Waals surface area contributed by atoms with Gasteiger partial charge in [-0.1, -0.05) is 26.8 Å². The van der Waals surface area contributed by atoms with Gasteiger partial charge < -0.3 is 15.5 Å². The highest BCUT2D eigenvalue weighted by Gasteiger charge is 2.20. The molecule has 0 aliphatic carbocycles. The zero-order chi connectivity index (χ0) is 19.7. The second-order valence-corrected chi connectivity index (χ2v) is 7.22. The topological polar surface area (TPSA) is 78.5 Å². The van der Waals surface area contributed by atoms with E-state index in [0.717, 1.165) is 0 Å². The van der Waals surface area contributed by atoms with Gasteiger partial charge in [0, 0.05) is 42.7 Å². The fourth-order valence-electron chi connectivity index (χ4n) is 2.36. The average molecular weight is 361 g/mol. The second kappa shape index (κ2) is 9.94. The van der Waals surface area contributed by atoms with Crippen LogP contribution in [0.4, 0.5) is 5.69 Å². The minimum Gasteiger partial charge on any atom is -0.356 e. The van der Waals surface area contributed by atoms with Crippen molar-refractivity contribution in [1.29, 1.82) is 0 Å². The Morgan fingerprint density at radius 1 is 1.08 bits per heavy atom. The molecule has 0 atom stereocenters. The maximum atomic E-state index is 12.4. The van der Waals surface area contributed by atoms with Crippen LogP contribution in [0.25, 0.3) is 0 Å². The molecule has 0 aliphatic rings. The van der Waals surface area contributed by atoms with E-state index in [2.05, 4.69) is 10.6 Å². The molecule has 6 nitrogen and oxygen atoms in total. The van der Waals surface area contributed by atoms with Crippen LogP contribution in [0.2, 0.25) is 0 Å². The Labute approximate surface area is 156 Å². The molecule has 1 rings (SSSR count). The zero-order valence-corrected chi connectivity index (χ0v) is 16.5. The van der Waals surface area contributed by atoms with Crippen molar-refractivity contribution in [2.75, 3.05) is 25.0 Å². The van der Waals surface area contributed by atoms with Crippen LogP contribution in [-0.2, 0) is 9.59 Å². The molecule has 0 fully saturated rings. The Bertz CT molecular complexity index is 631. The number of hydrogen-bond acceptors (Lipinski definition) is 3. The van der Waals surface area contributed by atoms with E-state index in [1.54, 1.807) is 29.2 Å². The lowest BCUT2D eigenvalue weighted by Crippen LogP contribution is -2.35. The summed E-state index contributed by atoms with van der Waals surface area (Å²) in [5, 5.41) is 5.63. The summed E-state index contributed by atoms with van der Waals surface area (Å²) in [6.45, 7) is 11.2. The van der Waals surface area contributed by atoms with Crippen molar-refractivity contribution in [2.45, 2.75) is 47.5 Å². The number of hydrogen-bond donors (Lipinski definition) is 2. The molecule has 0 spiro atoms. The molecule has 0 saturated carbocycles. The van der Waals surface area contributed by atoms with Gasteiger partial charge in [-0.25, -0.2) is 0 Å². The van der Waals surface area contributed by atoms with E-state index < -0.39 is 5.41 Å². The van der Waals surface area contributed by atoms with Gasteiger partial charge in [-0.15, -0.1) is 0 Å². The number of amides is 3. The van der Waals surface area contributed by atoms with Crippen LogP contribution in [0, 0.1) is 5.41 Å². The molecule has 6 heteroatoms. The minimum atomic E-state index is -0.430. The van der Waals surface area contributed by atoms with Crippen LogP contribution in [0.1, 0.15) is 57.8 Å². The van der Waals surface area contributed by atoms with E-state index in [-0.39, 0.29) is 17.7 Å². The van der Waals surface area contributed by atoms with Gasteiger partial charge in [0.15, 0.2) is 0 Å². The molecule has 0 unspecified atom stereocenters. The maximum absolute atomic E-state index is 12.4. The summed E-state index contributed by atoms with van der Waals surface area (Å²) in [5.41, 5.74) is 0.732. The number of benzene rings is 1. The van der Waals surface area contributed by atoms with E-state index in [1.807, 2.05) is 34.6 Å². The van der Waals surface area contributed by atoms with Crippen molar-refractivity contribution in [1.82, 2.24) is 10.2 Å². The van der Waals surface area contributed by atoms with Crippen LogP contribution in [0.5, 0.6) is 0 Å². The van der Waals surface area contributed by atoms with Gasteiger partial charge in [0.25, 0.3) is 5.91 Å². The largest absolute Gasteiger partial charge is 0.356 e. The fraction of sp³-hybridized carbons (Fsp3) is 0.550. The number of carbonyl (C=O) groups excluding carboxylic acids is 3. The summed E-state index contributed by atoms with van der Waals surface area (Å²) in [6.07, 6.45) is 0.865. The van der Waals surface area contributed by atoms with Gasteiger partial charge in [-0.05, 0) is 38.5 Å². The monoisotopic (exact) mass is 361 g/mol. The predicted octanol–water partition coefficient (Wildman–Crippen LogP) is 3.05. The first kappa shape index (κ1) is 21.7. The minimum absolute atomic E-state index is 0.0273. The van der Waals surface area contributed by atoms with E-state index in [4.69, 9.17) is 0 Å². The summed E-state index contributed by atoms with van der Waals surface area (Å²) in [4.78, 5) is 37.9. The van der Waals surface area contributed by atoms with Crippen LogP contribution in [0.15, 0.2) is 24.3 Å². The Hall–Kier alpha value is -2.37. The summed E-state index contributed by atoms with van der Waals surface area (Å²) < 4.78 is 0. The Kier molecular flexibility index (Phi) is 8.29. The van der Waals surface area contributed by atoms with Gasteiger partial charge in [0.1, 0.15) is 0 Å². The lowest BCUT2D eigenvalue weighted by molar-refractivity contribution is -0.128. The highest BCUT2D eigenvalue weighted by molar-refractivity contribution is 5.97. The van der Waals surface area contributed by atoms with E-state index >= 15 is 0 Å². The zero-order valence-electron chi connectivity index (χ0n) is 16.5. The molecule has 0 saturated heterocycles. The third-order valence-corrected chi connectivity index (χ3v) is 3.99. The number of anilines is 1. The molecule has 0 aliphatic heterocycles. The number of rotatable bonds is 8. The van der Waals surface area contributed by atoms with Crippen molar-refractivity contribution in [3.05, 3.63) is 29.8 Å². The smallest absolute Gasteiger partial charge is 0.253 e. The summed E-state index contributed by atoms with van der Waals surface area (Å²) in [5.74, 6) is -0.209. The first-order valence-electron chi connectivity index (χ1n) is 9.16. The van der Waals surface area contributed by atoms with Crippen LogP contribution in [-0.4, -0.2) is 42.3 Å². The number of nitrogens with one attached hydrogen (secondary N) is 2.